The predicted molar refractivity (Wildman–Crippen MR) is 43.2 cm³/mol. The molecule has 0 unspecified atom stereocenters. The van der Waals surface area contributed by atoms with Gasteiger partial charge in [-0.15, -0.1) is 0 Å². The van der Waals surface area contributed by atoms with Crippen molar-refractivity contribution in [1.29, 1.82) is 0 Å². The van der Waals surface area contributed by atoms with Crippen LogP contribution in [-0.2, 0) is 0 Å². The number of rotatable bonds is 4. The summed E-state index contributed by atoms with van der Waals surface area (Å²) in [7, 11) is 0. The lowest BCUT2D eigenvalue weighted by Gasteiger charge is -1.90. The lowest BCUT2D eigenvalue weighted by atomic mass is 10.2. The molecule has 0 nitrogen and oxygen atoms in total. The minimum absolute atomic E-state index is 1.03. The fraction of sp³-hybridized carbons (Fsp3) is 0.444. The number of allylic oxidation sites excluding steroid dienone is 3. The van der Waals surface area contributed by atoms with E-state index in [2.05, 4.69) is 26.5 Å². The Balaban J connectivity index is 3.31. The number of unbranched alkanes of at least 4 members (excludes halogenated alkanes) is 2. The average molecular weight is 123 g/mol. The minimum atomic E-state index is 1.03. The molecule has 0 rings (SSSR count). The molecule has 0 aromatic carbocycles. The van der Waals surface area contributed by atoms with Crippen LogP contribution in [0.1, 0.15) is 26.2 Å². The first-order valence-corrected chi connectivity index (χ1v) is 3.39. The van der Waals surface area contributed by atoms with Gasteiger partial charge in [0.2, 0.25) is 0 Å². The summed E-state index contributed by atoms with van der Waals surface area (Å²) >= 11 is 0. The molecule has 0 aliphatic heterocycles. The van der Waals surface area contributed by atoms with Gasteiger partial charge in [-0.25, -0.2) is 0 Å². The number of hydrogen-bond acceptors (Lipinski definition) is 0. The lowest BCUT2D eigenvalue weighted by molar-refractivity contribution is 0.862. The van der Waals surface area contributed by atoms with Gasteiger partial charge in [-0.1, -0.05) is 37.6 Å². The van der Waals surface area contributed by atoms with E-state index < -0.39 is 0 Å². The molecule has 0 bridgehead atoms. The second-order valence-electron chi connectivity index (χ2n) is 2.15. The van der Waals surface area contributed by atoms with Gasteiger partial charge in [0.15, 0.2) is 0 Å². The van der Waals surface area contributed by atoms with E-state index >= 15 is 0 Å². The quantitative estimate of drug-likeness (QED) is 0.398. The third kappa shape index (κ3) is 5.35. The molecule has 0 aromatic heterocycles. The van der Waals surface area contributed by atoms with Crippen LogP contribution in [0.15, 0.2) is 24.3 Å². The van der Waals surface area contributed by atoms with Gasteiger partial charge < -0.3 is 0 Å². The van der Waals surface area contributed by atoms with Crippen LogP contribution in [-0.4, -0.2) is 0 Å². The second-order valence-corrected chi connectivity index (χ2v) is 2.15. The van der Waals surface area contributed by atoms with Gasteiger partial charge in [0, 0.05) is 0 Å². The molecular formula is C9H15. The van der Waals surface area contributed by atoms with E-state index in [0.717, 1.165) is 12.8 Å². The third-order valence-corrected chi connectivity index (χ3v) is 1.24. The van der Waals surface area contributed by atoms with Gasteiger partial charge in [0.25, 0.3) is 0 Å². The van der Waals surface area contributed by atoms with Crippen molar-refractivity contribution in [3.63, 3.8) is 0 Å². The zero-order chi connectivity index (χ0) is 7.11. The maximum Gasteiger partial charge on any atom is -0.0345 e. The first kappa shape index (κ1) is 8.48. The first-order valence-electron chi connectivity index (χ1n) is 3.39. The summed E-state index contributed by atoms with van der Waals surface area (Å²) in [5.74, 6) is 0. The van der Waals surface area contributed by atoms with E-state index in [1.54, 1.807) is 0 Å². The zero-order valence-electron chi connectivity index (χ0n) is 6.19. The molecule has 0 heteroatoms. The van der Waals surface area contributed by atoms with Gasteiger partial charge >= 0.3 is 0 Å². The highest BCUT2D eigenvalue weighted by Gasteiger charge is 1.79. The van der Waals surface area contributed by atoms with Gasteiger partial charge in [0.1, 0.15) is 0 Å². The fourth-order valence-electron chi connectivity index (χ4n) is 0.557. The molecule has 0 N–H and O–H groups in total. The van der Waals surface area contributed by atoms with E-state index in [-0.39, 0.29) is 0 Å². The average Bonchev–Trinajstić information content (AvgIpc) is 1.89. The van der Waals surface area contributed by atoms with E-state index in [0.29, 0.717) is 0 Å². The summed E-state index contributed by atoms with van der Waals surface area (Å²) in [5.41, 5.74) is 1.27. The van der Waals surface area contributed by atoms with Gasteiger partial charge in [-0.2, -0.15) is 0 Å². The normalized spacial score (nSPS) is 11.6. The number of hydrogen-bond donors (Lipinski definition) is 0. The van der Waals surface area contributed by atoms with Crippen molar-refractivity contribution in [1.82, 2.24) is 0 Å². The zero-order valence-corrected chi connectivity index (χ0v) is 6.19. The predicted octanol–water partition coefficient (Wildman–Crippen LogP) is 3.12. The van der Waals surface area contributed by atoms with Crippen LogP contribution in [0.2, 0.25) is 0 Å². The van der Waals surface area contributed by atoms with Crippen molar-refractivity contribution in [3.05, 3.63) is 31.2 Å². The molecule has 9 heavy (non-hydrogen) atoms. The first-order chi connectivity index (χ1) is 4.31. The smallest absolute Gasteiger partial charge is 0.0345 e. The highest BCUT2D eigenvalue weighted by Crippen LogP contribution is 2.00. The highest BCUT2D eigenvalue weighted by molar-refractivity contribution is 5.12. The van der Waals surface area contributed by atoms with Crippen LogP contribution < -0.4 is 0 Å². The minimum Gasteiger partial charge on any atom is -0.0988 e. The summed E-state index contributed by atoms with van der Waals surface area (Å²) < 4.78 is 0. The Kier molecular flexibility index (Phi) is 5.29. The second kappa shape index (κ2) is 5.61. The maximum atomic E-state index is 3.75. The van der Waals surface area contributed by atoms with E-state index in [1.807, 2.05) is 6.08 Å². The largest absolute Gasteiger partial charge is 0.0988 e. The molecule has 0 saturated heterocycles. The SMILES string of the molecule is [CH2]CCCC=C(C)C=C. The Bertz CT molecular complexity index is 98.6. The molecule has 0 amide bonds. The van der Waals surface area contributed by atoms with Crippen molar-refractivity contribution in [2.45, 2.75) is 26.2 Å². The third-order valence-electron chi connectivity index (χ3n) is 1.24. The van der Waals surface area contributed by atoms with Crippen molar-refractivity contribution < 1.29 is 0 Å². The van der Waals surface area contributed by atoms with Crippen LogP contribution in [0, 0.1) is 6.92 Å². The molecular weight excluding hydrogens is 108 g/mol. The molecule has 0 saturated carbocycles. The van der Waals surface area contributed by atoms with Crippen LogP contribution >= 0.6 is 0 Å². The molecule has 0 fully saturated rings. The van der Waals surface area contributed by atoms with Crippen LogP contribution in [0.4, 0.5) is 0 Å². The van der Waals surface area contributed by atoms with Gasteiger partial charge in [-0.3, -0.25) is 0 Å². The summed E-state index contributed by atoms with van der Waals surface area (Å²) in [6.07, 6.45) is 7.43. The summed E-state index contributed by atoms with van der Waals surface area (Å²) in [6, 6.07) is 0. The summed E-state index contributed by atoms with van der Waals surface area (Å²) in [5, 5.41) is 0. The van der Waals surface area contributed by atoms with Crippen LogP contribution in [0.25, 0.3) is 0 Å². The Morgan fingerprint density at radius 2 is 2.22 bits per heavy atom. The Hall–Kier alpha value is -0.520. The van der Waals surface area contributed by atoms with Gasteiger partial charge in [0.05, 0.1) is 0 Å². The van der Waals surface area contributed by atoms with Crippen LogP contribution in [0.3, 0.4) is 0 Å². The molecule has 0 spiro atoms. The Labute approximate surface area is 58.3 Å². The highest BCUT2D eigenvalue weighted by atomic mass is 13.9. The Morgan fingerprint density at radius 3 is 2.67 bits per heavy atom. The summed E-state index contributed by atoms with van der Waals surface area (Å²) in [4.78, 5) is 0. The topological polar surface area (TPSA) is 0 Å². The maximum absolute atomic E-state index is 3.75. The van der Waals surface area contributed by atoms with Crippen molar-refractivity contribution in [2.75, 3.05) is 0 Å². The van der Waals surface area contributed by atoms with E-state index in [9.17, 15) is 0 Å². The molecule has 0 heterocycles. The standard InChI is InChI=1S/C9H15/c1-4-6-7-8-9(3)5-2/h5,8H,1-2,4,6-7H2,3H3. The summed E-state index contributed by atoms with van der Waals surface area (Å²) in [6.45, 7) is 9.47. The van der Waals surface area contributed by atoms with Crippen LogP contribution in [0.5, 0.6) is 0 Å². The molecule has 51 valence electrons. The fourth-order valence-corrected chi connectivity index (χ4v) is 0.557. The van der Waals surface area contributed by atoms with E-state index in [4.69, 9.17) is 0 Å². The molecule has 0 atom stereocenters. The van der Waals surface area contributed by atoms with Crippen molar-refractivity contribution >= 4 is 0 Å². The van der Waals surface area contributed by atoms with Crippen molar-refractivity contribution in [3.8, 4) is 0 Å². The van der Waals surface area contributed by atoms with Crippen molar-refractivity contribution in [2.24, 2.45) is 0 Å². The molecule has 0 aliphatic carbocycles. The molecule has 0 aromatic rings. The Morgan fingerprint density at radius 1 is 1.56 bits per heavy atom. The van der Waals surface area contributed by atoms with Gasteiger partial charge in [-0.05, 0) is 19.8 Å². The monoisotopic (exact) mass is 123 g/mol. The molecule has 1 radical (unpaired) electrons. The molecule has 0 aliphatic rings. The van der Waals surface area contributed by atoms with E-state index in [1.165, 1.54) is 12.0 Å². The lowest BCUT2D eigenvalue weighted by Crippen LogP contribution is -1.70.